The molecule has 28 heavy (non-hydrogen) atoms. The maximum atomic E-state index is 4.84. The zero-order valence-corrected chi connectivity index (χ0v) is 17.7. The van der Waals surface area contributed by atoms with Crippen molar-refractivity contribution in [3.05, 3.63) is 53.6 Å². The lowest BCUT2D eigenvalue weighted by molar-refractivity contribution is 0.585. The molecular weight excluding hydrogens is 346 g/mol. The molecule has 4 rings (SSSR count). The average Bonchev–Trinajstić information content (AvgIpc) is 3.23. The van der Waals surface area contributed by atoms with Gasteiger partial charge in [0.1, 0.15) is 0 Å². The average molecular weight is 376 g/mol. The van der Waals surface area contributed by atoms with Crippen molar-refractivity contribution in [1.29, 1.82) is 0 Å². The van der Waals surface area contributed by atoms with Gasteiger partial charge in [-0.1, -0.05) is 41.5 Å². The van der Waals surface area contributed by atoms with Crippen LogP contribution in [0.3, 0.4) is 0 Å². The van der Waals surface area contributed by atoms with E-state index in [1.165, 1.54) is 11.1 Å². The van der Waals surface area contributed by atoms with Gasteiger partial charge in [0.2, 0.25) is 0 Å². The van der Waals surface area contributed by atoms with Crippen LogP contribution in [0.5, 0.6) is 0 Å². The SMILES string of the molecule is CC(C)(C)c1cnc2c(cnn2CCc2cc(C(C)(C)C)c3[nH]ccc3n2)c1. The van der Waals surface area contributed by atoms with Crippen molar-refractivity contribution in [3.8, 4) is 0 Å². The minimum absolute atomic E-state index is 0.0596. The van der Waals surface area contributed by atoms with E-state index >= 15 is 0 Å². The normalized spacial score (nSPS) is 12.9. The van der Waals surface area contributed by atoms with Gasteiger partial charge in [0.25, 0.3) is 0 Å². The molecule has 5 nitrogen and oxygen atoms in total. The van der Waals surface area contributed by atoms with Gasteiger partial charge in [-0.05, 0) is 40.2 Å². The summed E-state index contributed by atoms with van der Waals surface area (Å²) in [5.41, 5.74) is 6.87. The highest BCUT2D eigenvalue weighted by molar-refractivity contribution is 5.80. The van der Waals surface area contributed by atoms with Crippen molar-refractivity contribution in [3.63, 3.8) is 0 Å². The first-order chi connectivity index (χ1) is 13.1. The molecule has 0 saturated carbocycles. The molecule has 146 valence electrons. The van der Waals surface area contributed by atoms with E-state index in [9.17, 15) is 0 Å². The van der Waals surface area contributed by atoms with Gasteiger partial charge in [0.15, 0.2) is 5.65 Å². The summed E-state index contributed by atoms with van der Waals surface area (Å²) < 4.78 is 1.99. The van der Waals surface area contributed by atoms with Crippen LogP contribution in [0.15, 0.2) is 36.8 Å². The predicted octanol–water partition coefficient (Wildman–Crippen LogP) is 5.15. The largest absolute Gasteiger partial charge is 0.360 e. The van der Waals surface area contributed by atoms with Crippen LogP contribution in [0.25, 0.3) is 22.1 Å². The Morgan fingerprint density at radius 1 is 1.00 bits per heavy atom. The molecule has 4 aromatic heterocycles. The number of aromatic nitrogens is 5. The van der Waals surface area contributed by atoms with Gasteiger partial charge in [-0.2, -0.15) is 5.10 Å². The second-order valence-electron chi connectivity index (χ2n) is 9.65. The van der Waals surface area contributed by atoms with Crippen LogP contribution in [0, 0.1) is 0 Å². The fourth-order valence-corrected chi connectivity index (χ4v) is 3.58. The molecule has 0 spiro atoms. The third-order valence-electron chi connectivity index (χ3n) is 5.30. The van der Waals surface area contributed by atoms with Crippen LogP contribution in [0.4, 0.5) is 0 Å². The Labute approximate surface area is 166 Å². The minimum Gasteiger partial charge on any atom is -0.360 e. The van der Waals surface area contributed by atoms with Crippen LogP contribution in [-0.4, -0.2) is 24.7 Å². The molecule has 0 atom stereocenters. The quantitative estimate of drug-likeness (QED) is 0.539. The molecule has 4 heterocycles. The Morgan fingerprint density at radius 3 is 2.50 bits per heavy atom. The van der Waals surface area contributed by atoms with E-state index in [1.54, 1.807) is 0 Å². The highest BCUT2D eigenvalue weighted by atomic mass is 15.3. The lowest BCUT2D eigenvalue weighted by Crippen LogP contribution is -2.14. The molecule has 5 heteroatoms. The van der Waals surface area contributed by atoms with E-state index in [4.69, 9.17) is 9.97 Å². The number of nitrogens with one attached hydrogen (secondary N) is 1. The minimum atomic E-state index is 0.0596. The maximum absolute atomic E-state index is 4.84. The first-order valence-electron chi connectivity index (χ1n) is 9.92. The van der Waals surface area contributed by atoms with Crippen molar-refractivity contribution >= 4 is 22.1 Å². The fraction of sp³-hybridized carbons (Fsp3) is 0.435. The summed E-state index contributed by atoms with van der Waals surface area (Å²) in [6.45, 7) is 14.1. The number of aryl methyl sites for hydroxylation is 2. The van der Waals surface area contributed by atoms with Crippen molar-refractivity contribution in [2.75, 3.05) is 0 Å². The topological polar surface area (TPSA) is 59.4 Å². The summed E-state index contributed by atoms with van der Waals surface area (Å²) in [7, 11) is 0. The molecular formula is C23H29N5. The van der Waals surface area contributed by atoms with Gasteiger partial charge in [-0.15, -0.1) is 0 Å². The Morgan fingerprint density at radius 2 is 1.79 bits per heavy atom. The van der Waals surface area contributed by atoms with Crippen molar-refractivity contribution in [1.82, 2.24) is 24.7 Å². The Hall–Kier alpha value is -2.69. The summed E-state index contributed by atoms with van der Waals surface area (Å²) in [6.07, 6.45) is 6.68. The third kappa shape index (κ3) is 3.41. The number of aromatic amines is 1. The van der Waals surface area contributed by atoms with Gasteiger partial charge in [0, 0.05) is 36.4 Å². The van der Waals surface area contributed by atoms with Crippen LogP contribution in [-0.2, 0) is 23.8 Å². The monoisotopic (exact) mass is 375 g/mol. The van der Waals surface area contributed by atoms with Crippen LogP contribution in [0.2, 0.25) is 0 Å². The lowest BCUT2D eigenvalue weighted by atomic mass is 9.86. The second-order valence-corrected chi connectivity index (χ2v) is 9.65. The van der Waals surface area contributed by atoms with Gasteiger partial charge < -0.3 is 4.98 Å². The maximum Gasteiger partial charge on any atom is 0.157 e. The zero-order chi connectivity index (χ0) is 20.1. The van der Waals surface area contributed by atoms with Gasteiger partial charge in [-0.3, -0.25) is 4.98 Å². The van der Waals surface area contributed by atoms with E-state index in [1.807, 2.05) is 29.3 Å². The van der Waals surface area contributed by atoms with E-state index in [-0.39, 0.29) is 10.8 Å². The molecule has 0 aromatic carbocycles. The smallest absolute Gasteiger partial charge is 0.157 e. The molecule has 4 aromatic rings. The van der Waals surface area contributed by atoms with Gasteiger partial charge in [-0.25, -0.2) is 9.67 Å². The molecule has 0 amide bonds. The Balaban J connectivity index is 1.63. The predicted molar refractivity (Wildman–Crippen MR) is 115 cm³/mol. The number of H-pyrrole nitrogens is 1. The fourth-order valence-electron chi connectivity index (χ4n) is 3.58. The highest BCUT2D eigenvalue weighted by Crippen LogP contribution is 2.29. The summed E-state index contributed by atoms with van der Waals surface area (Å²) in [5.74, 6) is 0. The third-order valence-corrected chi connectivity index (χ3v) is 5.30. The van der Waals surface area contributed by atoms with Crippen molar-refractivity contribution in [2.45, 2.75) is 65.3 Å². The summed E-state index contributed by atoms with van der Waals surface area (Å²) >= 11 is 0. The molecule has 0 aliphatic heterocycles. The standard InChI is InChI=1S/C23H29N5/c1-22(2,3)16-11-15-13-26-28(21(15)25-14-16)10-8-17-12-18(23(4,5)6)20-19(27-17)7-9-24-20/h7,9,11-14,24H,8,10H2,1-6H3. The number of rotatable bonds is 3. The van der Waals surface area contributed by atoms with Crippen LogP contribution >= 0.6 is 0 Å². The number of nitrogens with zero attached hydrogens (tertiary/aromatic N) is 4. The summed E-state index contributed by atoms with van der Waals surface area (Å²) in [5, 5.41) is 5.67. The van der Waals surface area contributed by atoms with E-state index in [2.05, 4.69) is 63.8 Å². The number of fused-ring (bicyclic) bond motifs is 2. The Bertz CT molecular complexity index is 1140. The lowest BCUT2D eigenvalue weighted by Gasteiger charge is -2.21. The summed E-state index contributed by atoms with van der Waals surface area (Å²) in [4.78, 5) is 12.9. The molecule has 0 aliphatic carbocycles. The van der Waals surface area contributed by atoms with Crippen molar-refractivity contribution in [2.24, 2.45) is 0 Å². The molecule has 0 bridgehead atoms. The van der Waals surface area contributed by atoms with E-state index < -0.39 is 0 Å². The zero-order valence-electron chi connectivity index (χ0n) is 17.7. The first kappa shape index (κ1) is 18.7. The van der Waals surface area contributed by atoms with E-state index in [0.29, 0.717) is 0 Å². The number of hydrogen-bond donors (Lipinski definition) is 1. The Kier molecular flexibility index (Phi) is 4.29. The molecule has 0 saturated heterocycles. The number of pyridine rings is 2. The van der Waals surface area contributed by atoms with Gasteiger partial charge in [0.05, 0.1) is 17.2 Å². The van der Waals surface area contributed by atoms with Crippen LogP contribution < -0.4 is 0 Å². The molecule has 0 radical (unpaired) electrons. The van der Waals surface area contributed by atoms with Gasteiger partial charge >= 0.3 is 0 Å². The molecule has 1 N–H and O–H groups in total. The molecule has 0 fully saturated rings. The van der Waals surface area contributed by atoms with Crippen LogP contribution in [0.1, 0.15) is 58.4 Å². The highest BCUT2D eigenvalue weighted by Gasteiger charge is 2.20. The number of hydrogen-bond acceptors (Lipinski definition) is 3. The molecule has 0 unspecified atom stereocenters. The van der Waals surface area contributed by atoms with Crippen molar-refractivity contribution < 1.29 is 0 Å². The summed E-state index contributed by atoms with van der Waals surface area (Å²) in [6, 6.07) is 6.48. The second kappa shape index (κ2) is 6.43. The molecule has 0 aliphatic rings. The van der Waals surface area contributed by atoms with E-state index in [0.717, 1.165) is 40.7 Å². The first-order valence-corrected chi connectivity index (χ1v) is 9.92.